The number of carbonyl (C=O) groups excluding carboxylic acids is 1. The number of hydrogen-bond acceptors (Lipinski definition) is 2. The van der Waals surface area contributed by atoms with Crippen molar-refractivity contribution < 1.29 is 9.21 Å². The van der Waals surface area contributed by atoms with Crippen molar-refractivity contribution in [2.45, 2.75) is 13.5 Å². The maximum Gasteiger partial charge on any atom is 0.289 e. The number of furan rings is 1. The second kappa shape index (κ2) is 5.44. The molecule has 0 saturated heterocycles. The summed E-state index contributed by atoms with van der Waals surface area (Å²) in [5.74, 6) is 0.279. The summed E-state index contributed by atoms with van der Waals surface area (Å²) in [6.07, 6.45) is 0. The third-order valence-electron chi connectivity index (χ3n) is 3.65. The van der Waals surface area contributed by atoms with Gasteiger partial charge in [0.05, 0.1) is 0 Å². The van der Waals surface area contributed by atoms with E-state index in [1.54, 1.807) is 18.0 Å². The van der Waals surface area contributed by atoms with Gasteiger partial charge in [0.15, 0.2) is 5.76 Å². The Bertz CT molecular complexity index is 756. The van der Waals surface area contributed by atoms with Crippen molar-refractivity contribution >= 4 is 16.9 Å². The van der Waals surface area contributed by atoms with Crippen LogP contribution in [-0.4, -0.2) is 17.9 Å². The van der Waals surface area contributed by atoms with E-state index in [1.807, 2.05) is 42.5 Å². The van der Waals surface area contributed by atoms with Gasteiger partial charge in [-0.15, -0.1) is 0 Å². The first-order chi connectivity index (χ1) is 10.1. The van der Waals surface area contributed by atoms with Crippen LogP contribution in [0.4, 0.5) is 0 Å². The molecule has 0 radical (unpaired) electrons. The number of para-hydroxylation sites is 1. The molecule has 0 aliphatic carbocycles. The molecule has 106 valence electrons. The molecule has 2 aromatic carbocycles. The van der Waals surface area contributed by atoms with Crippen LogP contribution >= 0.6 is 0 Å². The number of aryl methyl sites for hydroxylation is 1. The lowest BCUT2D eigenvalue weighted by molar-refractivity contribution is 0.0755. The van der Waals surface area contributed by atoms with Crippen molar-refractivity contribution in [1.82, 2.24) is 4.90 Å². The molecule has 0 N–H and O–H groups in total. The van der Waals surface area contributed by atoms with E-state index in [1.165, 1.54) is 5.56 Å². The van der Waals surface area contributed by atoms with Gasteiger partial charge in [0.25, 0.3) is 5.91 Å². The van der Waals surface area contributed by atoms with E-state index in [2.05, 4.69) is 13.0 Å². The Morgan fingerprint density at radius 1 is 1.10 bits per heavy atom. The van der Waals surface area contributed by atoms with Gasteiger partial charge < -0.3 is 9.32 Å². The lowest BCUT2D eigenvalue weighted by Gasteiger charge is -2.17. The Hall–Kier alpha value is -2.55. The van der Waals surface area contributed by atoms with Gasteiger partial charge in [0, 0.05) is 19.0 Å². The molecule has 3 nitrogen and oxygen atoms in total. The van der Waals surface area contributed by atoms with E-state index in [9.17, 15) is 4.79 Å². The minimum Gasteiger partial charge on any atom is -0.451 e. The monoisotopic (exact) mass is 279 g/mol. The molecule has 0 bridgehead atoms. The minimum absolute atomic E-state index is 0.102. The first-order valence-electron chi connectivity index (χ1n) is 6.94. The van der Waals surface area contributed by atoms with Gasteiger partial charge in [0.1, 0.15) is 5.58 Å². The molecule has 21 heavy (non-hydrogen) atoms. The highest BCUT2D eigenvalue weighted by atomic mass is 16.3. The Kier molecular flexibility index (Phi) is 3.48. The van der Waals surface area contributed by atoms with Gasteiger partial charge in [-0.25, -0.2) is 0 Å². The normalized spacial score (nSPS) is 10.8. The molecule has 0 spiro atoms. The number of carbonyl (C=O) groups is 1. The molecule has 3 heteroatoms. The number of amides is 1. The van der Waals surface area contributed by atoms with Crippen LogP contribution in [0.15, 0.2) is 59.0 Å². The lowest BCUT2D eigenvalue weighted by atomic mass is 10.1. The minimum atomic E-state index is -0.102. The predicted octanol–water partition coefficient (Wildman–Crippen LogP) is 4.01. The third kappa shape index (κ3) is 2.68. The van der Waals surface area contributed by atoms with E-state index in [0.717, 1.165) is 16.5 Å². The molecular weight excluding hydrogens is 262 g/mol. The largest absolute Gasteiger partial charge is 0.451 e. The maximum absolute atomic E-state index is 12.5. The van der Waals surface area contributed by atoms with Crippen LogP contribution in [0.1, 0.15) is 21.7 Å². The fourth-order valence-electron chi connectivity index (χ4n) is 2.39. The molecule has 0 saturated carbocycles. The van der Waals surface area contributed by atoms with Crippen LogP contribution in [0.3, 0.4) is 0 Å². The van der Waals surface area contributed by atoms with E-state index >= 15 is 0 Å². The van der Waals surface area contributed by atoms with Crippen molar-refractivity contribution in [2.75, 3.05) is 7.05 Å². The molecule has 0 aliphatic rings. The second-order valence-corrected chi connectivity index (χ2v) is 5.24. The summed E-state index contributed by atoms with van der Waals surface area (Å²) in [6.45, 7) is 2.62. The predicted molar refractivity (Wildman–Crippen MR) is 83.2 cm³/mol. The molecule has 1 aromatic heterocycles. The molecule has 0 unspecified atom stereocenters. The Labute approximate surface area is 123 Å². The molecule has 0 aliphatic heterocycles. The zero-order valence-electron chi connectivity index (χ0n) is 12.2. The third-order valence-corrected chi connectivity index (χ3v) is 3.65. The quantitative estimate of drug-likeness (QED) is 0.725. The summed E-state index contributed by atoms with van der Waals surface area (Å²) in [5.41, 5.74) is 3.07. The number of benzene rings is 2. The molecule has 0 atom stereocenters. The second-order valence-electron chi connectivity index (χ2n) is 5.24. The van der Waals surface area contributed by atoms with Crippen LogP contribution in [-0.2, 0) is 6.54 Å². The SMILES string of the molecule is Cc1ccccc1CN(C)C(=O)c1cc2ccccc2o1. The molecule has 1 amide bonds. The highest BCUT2D eigenvalue weighted by molar-refractivity contribution is 5.95. The van der Waals surface area contributed by atoms with Crippen molar-refractivity contribution in [3.63, 3.8) is 0 Å². The summed E-state index contributed by atoms with van der Waals surface area (Å²) in [4.78, 5) is 14.1. The van der Waals surface area contributed by atoms with Gasteiger partial charge in [-0.3, -0.25) is 4.79 Å². The van der Waals surface area contributed by atoms with Crippen molar-refractivity contribution in [3.8, 4) is 0 Å². The fraction of sp³-hybridized carbons (Fsp3) is 0.167. The highest BCUT2D eigenvalue weighted by Crippen LogP contribution is 2.20. The van der Waals surface area contributed by atoms with Crippen LogP contribution < -0.4 is 0 Å². The average molecular weight is 279 g/mol. The standard InChI is InChI=1S/C18H17NO2/c1-13-7-3-4-9-15(13)12-19(2)18(20)17-11-14-8-5-6-10-16(14)21-17/h3-11H,12H2,1-2H3. The Morgan fingerprint density at radius 2 is 1.81 bits per heavy atom. The number of nitrogens with zero attached hydrogens (tertiary/aromatic N) is 1. The van der Waals surface area contributed by atoms with E-state index < -0.39 is 0 Å². The van der Waals surface area contributed by atoms with Gasteiger partial charge in [-0.2, -0.15) is 0 Å². The van der Waals surface area contributed by atoms with E-state index in [4.69, 9.17) is 4.42 Å². The fourth-order valence-corrected chi connectivity index (χ4v) is 2.39. The van der Waals surface area contributed by atoms with E-state index in [-0.39, 0.29) is 5.91 Å². The zero-order valence-corrected chi connectivity index (χ0v) is 12.2. The first kappa shape index (κ1) is 13.4. The smallest absolute Gasteiger partial charge is 0.289 e. The number of fused-ring (bicyclic) bond motifs is 1. The zero-order chi connectivity index (χ0) is 14.8. The molecule has 3 aromatic rings. The van der Waals surface area contributed by atoms with Crippen LogP contribution in [0, 0.1) is 6.92 Å². The number of rotatable bonds is 3. The summed E-state index contributed by atoms with van der Waals surface area (Å²) < 4.78 is 5.63. The summed E-state index contributed by atoms with van der Waals surface area (Å²) in [6, 6.07) is 17.5. The Balaban J connectivity index is 1.82. The van der Waals surface area contributed by atoms with Crippen LogP contribution in [0.2, 0.25) is 0 Å². The van der Waals surface area contributed by atoms with Gasteiger partial charge in [-0.05, 0) is 30.2 Å². The Morgan fingerprint density at radius 3 is 2.57 bits per heavy atom. The van der Waals surface area contributed by atoms with Gasteiger partial charge in [0.2, 0.25) is 0 Å². The first-order valence-corrected chi connectivity index (χ1v) is 6.94. The van der Waals surface area contributed by atoms with Crippen molar-refractivity contribution in [1.29, 1.82) is 0 Å². The average Bonchev–Trinajstić information content (AvgIpc) is 2.92. The molecule has 1 heterocycles. The molecular formula is C18H17NO2. The number of hydrogen-bond donors (Lipinski definition) is 0. The van der Waals surface area contributed by atoms with Crippen LogP contribution in [0.25, 0.3) is 11.0 Å². The highest BCUT2D eigenvalue weighted by Gasteiger charge is 2.17. The van der Waals surface area contributed by atoms with Crippen molar-refractivity contribution in [3.05, 3.63) is 71.5 Å². The lowest BCUT2D eigenvalue weighted by Crippen LogP contribution is -2.26. The van der Waals surface area contributed by atoms with Crippen LogP contribution in [0.5, 0.6) is 0 Å². The van der Waals surface area contributed by atoms with E-state index in [0.29, 0.717) is 12.3 Å². The summed E-state index contributed by atoms with van der Waals surface area (Å²) >= 11 is 0. The molecule has 3 rings (SSSR count). The summed E-state index contributed by atoms with van der Waals surface area (Å²) in [5, 5.41) is 0.949. The van der Waals surface area contributed by atoms with Gasteiger partial charge in [-0.1, -0.05) is 42.5 Å². The maximum atomic E-state index is 12.5. The molecule has 0 fully saturated rings. The topological polar surface area (TPSA) is 33.5 Å². The summed E-state index contributed by atoms with van der Waals surface area (Å²) in [7, 11) is 1.79. The van der Waals surface area contributed by atoms with Gasteiger partial charge >= 0.3 is 0 Å². The van der Waals surface area contributed by atoms with Crippen molar-refractivity contribution in [2.24, 2.45) is 0 Å².